The predicted octanol–water partition coefficient (Wildman–Crippen LogP) is 2.75. The molecule has 8 heteroatoms. The Labute approximate surface area is 125 Å². The SMILES string of the molecule is Cc1nc(N)c2c(F)c(F)c(NN3CCCCC3)c(F)c2n1. The Morgan fingerprint density at radius 1 is 1.00 bits per heavy atom. The van der Waals surface area contributed by atoms with Crippen LogP contribution in [-0.4, -0.2) is 28.1 Å². The number of aromatic nitrogens is 2. The monoisotopic (exact) mass is 311 g/mol. The number of hydrogen-bond donors (Lipinski definition) is 2. The largest absolute Gasteiger partial charge is 0.383 e. The van der Waals surface area contributed by atoms with E-state index in [4.69, 9.17) is 5.73 Å². The fourth-order valence-corrected chi connectivity index (χ4v) is 2.67. The number of fused-ring (bicyclic) bond motifs is 1. The standard InChI is InChI=1S/C14H16F3N5/c1-7-19-12-8(14(18)20-7)9(15)10(16)13(11(12)17)21-22-5-3-2-4-6-22/h21H,2-6H2,1H3,(H2,18,19,20). The normalized spacial score (nSPS) is 16.2. The summed E-state index contributed by atoms with van der Waals surface area (Å²) in [6.07, 6.45) is 2.90. The molecule has 3 N–H and O–H groups in total. The number of benzene rings is 1. The number of halogens is 3. The topological polar surface area (TPSA) is 67.1 Å². The molecule has 0 unspecified atom stereocenters. The smallest absolute Gasteiger partial charge is 0.187 e. The molecule has 2 aromatic rings. The van der Waals surface area contributed by atoms with Crippen LogP contribution in [-0.2, 0) is 0 Å². The van der Waals surface area contributed by atoms with Crippen LogP contribution in [0.25, 0.3) is 10.9 Å². The lowest BCUT2D eigenvalue weighted by Gasteiger charge is -2.28. The average molecular weight is 311 g/mol. The van der Waals surface area contributed by atoms with Crippen molar-refractivity contribution in [3.63, 3.8) is 0 Å². The molecular weight excluding hydrogens is 295 g/mol. The van der Waals surface area contributed by atoms with E-state index in [0.717, 1.165) is 19.3 Å². The van der Waals surface area contributed by atoms with Crippen molar-refractivity contribution in [3.8, 4) is 0 Å². The van der Waals surface area contributed by atoms with Gasteiger partial charge in [0.05, 0.1) is 5.39 Å². The Balaban J connectivity index is 2.14. The molecule has 1 aliphatic heterocycles. The zero-order chi connectivity index (χ0) is 15.9. The molecular formula is C14H16F3N5. The molecule has 0 atom stereocenters. The molecule has 0 saturated carbocycles. The molecule has 118 valence electrons. The number of nitrogens with two attached hydrogens (primary N) is 1. The van der Waals surface area contributed by atoms with Crippen molar-refractivity contribution in [2.75, 3.05) is 24.2 Å². The molecule has 0 aliphatic carbocycles. The first-order chi connectivity index (χ1) is 10.5. The number of anilines is 2. The number of rotatable bonds is 2. The Hall–Kier alpha value is -2.09. The van der Waals surface area contributed by atoms with Crippen molar-refractivity contribution in [3.05, 3.63) is 23.3 Å². The van der Waals surface area contributed by atoms with E-state index < -0.39 is 28.5 Å². The molecule has 3 rings (SSSR count). The van der Waals surface area contributed by atoms with E-state index in [2.05, 4.69) is 15.4 Å². The number of hydrogen-bond acceptors (Lipinski definition) is 5. The van der Waals surface area contributed by atoms with Gasteiger partial charge >= 0.3 is 0 Å². The maximum Gasteiger partial charge on any atom is 0.187 e. The number of hydrazine groups is 1. The highest BCUT2D eigenvalue weighted by atomic mass is 19.2. The van der Waals surface area contributed by atoms with Crippen molar-refractivity contribution in [1.29, 1.82) is 0 Å². The van der Waals surface area contributed by atoms with E-state index in [9.17, 15) is 13.2 Å². The van der Waals surface area contributed by atoms with Crippen molar-refractivity contribution in [2.24, 2.45) is 0 Å². The Kier molecular flexibility index (Phi) is 3.78. The van der Waals surface area contributed by atoms with Gasteiger partial charge in [-0.2, -0.15) is 0 Å². The van der Waals surface area contributed by atoms with E-state index in [1.54, 1.807) is 5.01 Å². The molecule has 0 radical (unpaired) electrons. The number of nitrogens with zero attached hydrogens (tertiary/aromatic N) is 3. The molecule has 1 aromatic carbocycles. The predicted molar refractivity (Wildman–Crippen MR) is 77.6 cm³/mol. The van der Waals surface area contributed by atoms with Gasteiger partial charge in [0, 0.05) is 13.1 Å². The highest BCUT2D eigenvalue weighted by molar-refractivity contribution is 5.91. The zero-order valence-corrected chi connectivity index (χ0v) is 12.1. The summed E-state index contributed by atoms with van der Waals surface area (Å²) in [6, 6.07) is 0. The van der Waals surface area contributed by atoms with Gasteiger partial charge in [-0.1, -0.05) is 6.42 Å². The summed E-state index contributed by atoms with van der Waals surface area (Å²) in [4.78, 5) is 7.61. The lowest BCUT2D eigenvalue weighted by atomic mass is 10.1. The van der Waals surface area contributed by atoms with Crippen LogP contribution in [0.1, 0.15) is 25.1 Å². The summed E-state index contributed by atoms with van der Waals surface area (Å²) in [5, 5.41) is 1.25. The van der Waals surface area contributed by atoms with Gasteiger partial charge in [-0.25, -0.2) is 28.1 Å². The lowest BCUT2D eigenvalue weighted by Crippen LogP contribution is -2.35. The van der Waals surface area contributed by atoms with Crippen molar-refractivity contribution in [2.45, 2.75) is 26.2 Å². The summed E-state index contributed by atoms with van der Waals surface area (Å²) in [5.74, 6) is -3.60. The van der Waals surface area contributed by atoms with E-state index >= 15 is 0 Å². The first kappa shape index (κ1) is 14.8. The third kappa shape index (κ3) is 2.43. The van der Waals surface area contributed by atoms with Gasteiger partial charge in [0.25, 0.3) is 0 Å². The summed E-state index contributed by atoms with van der Waals surface area (Å²) in [7, 11) is 0. The first-order valence-corrected chi connectivity index (χ1v) is 7.11. The van der Waals surface area contributed by atoms with Crippen molar-refractivity contribution < 1.29 is 13.2 Å². The fraction of sp³-hybridized carbons (Fsp3) is 0.429. The third-order valence-corrected chi connectivity index (χ3v) is 3.73. The number of nitrogen functional groups attached to an aromatic ring is 1. The van der Waals surface area contributed by atoms with E-state index in [0.29, 0.717) is 13.1 Å². The number of piperidine rings is 1. The third-order valence-electron chi connectivity index (χ3n) is 3.73. The Morgan fingerprint density at radius 3 is 2.36 bits per heavy atom. The molecule has 0 spiro atoms. The second-order valence-electron chi connectivity index (χ2n) is 5.36. The van der Waals surface area contributed by atoms with Crippen LogP contribution in [0.4, 0.5) is 24.7 Å². The zero-order valence-electron chi connectivity index (χ0n) is 12.1. The summed E-state index contributed by atoms with van der Waals surface area (Å²) >= 11 is 0. The van der Waals surface area contributed by atoms with Gasteiger partial charge in [-0.15, -0.1) is 0 Å². The van der Waals surface area contributed by atoms with Crippen LogP contribution in [0.5, 0.6) is 0 Å². The van der Waals surface area contributed by atoms with Crippen LogP contribution < -0.4 is 11.2 Å². The Morgan fingerprint density at radius 2 is 1.68 bits per heavy atom. The summed E-state index contributed by atoms with van der Waals surface area (Å²) in [6.45, 7) is 2.79. The molecule has 1 saturated heterocycles. The summed E-state index contributed by atoms with van der Waals surface area (Å²) < 4.78 is 43.0. The average Bonchev–Trinajstić information content (AvgIpc) is 2.50. The second kappa shape index (κ2) is 5.60. The molecule has 22 heavy (non-hydrogen) atoms. The minimum Gasteiger partial charge on any atom is -0.383 e. The minimum absolute atomic E-state index is 0.193. The van der Waals surface area contributed by atoms with E-state index in [1.807, 2.05) is 0 Å². The van der Waals surface area contributed by atoms with E-state index in [-0.39, 0.29) is 17.2 Å². The maximum absolute atomic E-state index is 14.6. The van der Waals surface area contributed by atoms with Crippen LogP contribution in [0, 0.1) is 24.4 Å². The molecule has 1 aromatic heterocycles. The minimum atomic E-state index is -1.31. The molecule has 1 fully saturated rings. The molecule has 2 heterocycles. The van der Waals surface area contributed by atoms with Gasteiger partial charge < -0.3 is 11.2 Å². The Bertz CT molecular complexity index is 728. The van der Waals surface area contributed by atoms with Crippen molar-refractivity contribution in [1.82, 2.24) is 15.0 Å². The number of nitrogens with one attached hydrogen (secondary N) is 1. The van der Waals surface area contributed by atoms with Crippen LogP contribution in [0.15, 0.2) is 0 Å². The lowest BCUT2D eigenvalue weighted by molar-refractivity contribution is 0.270. The van der Waals surface area contributed by atoms with Gasteiger partial charge in [0.15, 0.2) is 17.5 Å². The highest BCUT2D eigenvalue weighted by Gasteiger charge is 2.25. The van der Waals surface area contributed by atoms with Gasteiger partial charge in [0.2, 0.25) is 0 Å². The maximum atomic E-state index is 14.6. The van der Waals surface area contributed by atoms with Gasteiger partial charge in [-0.05, 0) is 19.8 Å². The summed E-state index contributed by atoms with van der Waals surface area (Å²) in [5.41, 5.74) is 7.35. The van der Waals surface area contributed by atoms with E-state index in [1.165, 1.54) is 6.92 Å². The first-order valence-electron chi connectivity index (χ1n) is 7.11. The molecule has 0 amide bonds. The molecule has 1 aliphatic rings. The molecule has 0 bridgehead atoms. The molecule has 5 nitrogen and oxygen atoms in total. The van der Waals surface area contributed by atoms with Crippen LogP contribution in [0.3, 0.4) is 0 Å². The highest BCUT2D eigenvalue weighted by Crippen LogP contribution is 2.33. The quantitative estimate of drug-likeness (QED) is 0.835. The van der Waals surface area contributed by atoms with Crippen LogP contribution in [0.2, 0.25) is 0 Å². The van der Waals surface area contributed by atoms with Crippen LogP contribution >= 0.6 is 0 Å². The van der Waals surface area contributed by atoms with Gasteiger partial charge in [-0.3, -0.25) is 0 Å². The fourth-order valence-electron chi connectivity index (χ4n) is 2.67. The van der Waals surface area contributed by atoms with Crippen molar-refractivity contribution >= 4 is 22.4 Å². The van der Waals surface area contributed by atoms with Gasteiger partial charge in [0.1, 0.15) is 22.8 Å². The second-order valence-corrected chi connectivity index (χ2v) is 5.36. The number of aryl methyl sites for hydroxylation is 1.